The van der Waals surface area contributed by atoms with Crippen LogP contribution in [0.4, 0.5) is 28.4 Å². The molecule has 2 heteroatoms. The van der Waals surface area contributed by atoms with Gasteiger partial charge in [0.2, 0.25) is 0 Å². The second-order valence-corrected chi connectivity index (χ2v) is 11.0. The topological polar surface area (TPSA) is 6.48 Å². The number of allylic oxidation sites excluding steroid dienone is 4. The number of anilines is 5. The fraction of sp³-hybridized carbons (Fsp3) is 0.158. The first-order valence-corrected chi connectivity index (χ1v) is 14.2. The van der Waals surface area contributed by atoms with E-state index in [2.05, 4.69) is 159 Å². The highest BCUT2D eigenvalue weighted by Crippen LogP contribution is 2.44. The van der Waals surface area contributed by atoms with Crippen LogP contribution in [0.3, 0.4) is 0 Å². The number of nitrogens with zero attached hydrogens (tertiary/aromatic N) is 2. The van der Waals surface area contributed by atoms with Gasteiger partial charge in [0.05, 0.1) is 11.4 Å². The standard InChI is InChI=1S/C38H36N2/c1-27-9-17-31(18-10-27)39(32-19-11-28(2)12-20-32)37-25-26-38(36-8-6-5-7-35(36)37)40(33-21-13-29(3)14-22-33)34-23-15-30(4)16-24-34/h5-15,17-23,25-26H,16,24H2,1-4H3. The van der Waals surface area contributed by atoms with Gasteiger partial charge in [-0.2, -0.15) is 0 Å². The monoisotopic (exact) mass is 520 g/mol. The largest absolute Gasteiger partial charge is 0.314 e. The van der Waals surface area contributed by atoms with Gasteiger partial charge in [0.15, 0.2) is 0 Å². The summed E-state index contributed by atoms with van der Waals surface area (Å²) >= 11 is 0. The van der Waals surface area contributed by atoms with Crippen molar-refractivity contribution < 1.29 is 0 Å². The number of aryl methyl sites for hydroxylation is 3. The molecule has 5 aromatic carbocycles. The van der Waals surface area contributed by atoms with Crippen molar-refractivity contribution in [2.75, 3.05) is 9.80 Å². The summed E-state index contributed by atoms with van der Waals surface area (Å²) in [6.45, 7) is 8.65. The van der Waals surface area contributed by atoms with Crippen LogP contribution in [-0.4, -0.2) is 0 Å². The predicted octanol–water partition coefficient (Wildman–Crippen LogP) is 11.0. The van der Waals surface area contributed by atoms with Gasteiger partial charge in [-0.3, -0.25) is 0 Å². The molecular formula is C38H36N2. The Morgan fingerprint density at radius 2 is 0.850 bits per heavy atom. The van der Waals surface area contributed by atoms with E-state index in [0.717, 1.165) is 24.2 Å². The molecule has 0 fully saturated rings. The van der Waals surface area contributed by atoms with E-state index in [4.69, 9.17) is 0 Å². The van der Waals surface area contributed by atoms with Crippen molar-refractivity contribution in [3.05, 3.63) is 149 Å². The molecule has 0 bridgehead atoms. The first-order chi connectivity index (χ1) is 19.5. The maximum Gasteiger partial charge on any atom is 0.0541 e. The minimum atomic E-state index is 1.02. The lowest BCUT2D eigenvalue weighted by Crippen LogP contribution is -2.18. The van der Waals surface area contributed by atoms with Crippen LogP contribution in [0.5, 0.6) is 0 Å². The van der Waals surface area contributed by atoms with Crippen molar-refractivity contribution in [2.24, 2.45) is 0 Å². The van der Waals surface area contributed by atoms with E-state index in [0.29, 0.717) is 0 Å². The zero-order valence-electron chi connectivity index (χ0n) is 23.9. The molecule has 0 unspecified atom stereocenters. The Labute approximate surface area is 238 Å². The van der Waals surface area contributed by atoms with Gasteiger partial charge in [-0.25, -0.2) is 0 Å². The molecule has 0 saturated heterocycles. The minimum absolute atomic E-state index is 1.02. The molecule has 0 heterocycles. The van der Waals surface area contributed by atoms with Crippen LogP contribution >= 0.6 is 0 Å². The van der Waals surface area contributed by atoms with Crippen molar-refractivity contribution >= 4 is 39.2 Å². The maximum absolute atomic E-state index is 2.45. The Morgan fingerprint density at radius 3 is 1.27 bits per heavy atom. The molecule has 1 aliphatic rings. The van der Waals surface area contributed by atoms with Gasteiger partial charge in [0.1, 0.15) is 0 Å². The van der Waals surface area contributed by atoms with Gasteiger partial charge in [0, 0.05) is 33.5 Å². The average molecular weight is 521 g/mol. The molecule has 0 saturated carbocycles. The summed E-state index contributed by atoms with van der Waals surface area (Å²) in [5.41, 5.74) is 12.4. The lowest BCUT2D eigenvalue weighted by atomic mass is 9.99. The van der Waals surface area contributed by atoms with Crippen molar-refractivity contribution in [1.82, 2.24) is 0 Å². The van der Waals surface area contributed by atoms with E-state index < -0.39 is 0 Å². The van der Waals surface area contributed by atoms with Crippen LogP contribution < -0.4 is 9.80 Å². The molecule has 0 radical (unpaired) electrons. The summed E-state index contributed by atoms with van der Waals surface area (Å²) < 4.78 is 0. The van der Waals surface area contributed by atoms with E-state index in [1.807, 2.05) is 0 Å². The molecular weight excluding hydrogens is 484 g/mol. The molecule has 1 aliphatic carbocycles. The zero-order valence-corrected chi connectivity index (χ0v) is 23.9. The Morgan fingerprint density at radius 1 is 0.425 bits per heavy atom. The number of fused-ring (bicyclic) bond motifs is 1. The molecule has 6 rings (SSSR count). The number of hydrogen-bond donors (Lipinski definition) is 0. The van der Waals surface area contributed by atoms with Crippen molar-refractivity contribution in [3.8, 4) is 0 Å². The van der Waals surface area contributed by atoms with Crippen LogP contribution in [0.2, 0.25) is 0 Å². The number of benzene rings is 5. The maximum atomic E-state index is 2.45. The van der Waals surface area contributed by atoms with Crippen LogP contribution in [0, 0.1) is 20.8 Å². The van der Waals surface area contributed by atoms with Crippen LogP contribution in [0.15, 0.2) is 133 Å². The summed E-state index contributed by atoms with van der Waals surface area (Å²) in [5, 5.41) is 2.46. The Bertz CT molecular complexity index is 1660. The predicted molar refractivity (Wildman–Crippen MR) is 172 cm³/mol. The highest BCUT2D eigenvalue weighted by atomic mass is 15.2. The van der Waals surface area contributed by atoms with E-state index in [1.54, 1.807) is 0 Å². The first kappa shape index (κ1) is 25.7. The lowest BCUT2D eigenvalue weighted by molar-refractivity contribution is 0.876. The molecule has 0 aliphatic heterocycles. The van der Waals surface area contributed by atoms with Crippen LogP contribution in [0.25, 0.3) is 10.8 Å². The van der Waals surface area contributed by atoms with E-state index in [1.165, 1.54) is 55.8 Å². The zero-order chi connectivity index (χ0) is 27.6. The second-order valence-electron chi connectivity index (χ2n) is 11.0. The first-order valence-electron chi connectivity index (χ1n) is 14.2. The number of hydrogen-bond acceptors (Lipinski definition) is 2. The molecule has 0 spiro atoms. The fourth-order valence-corrected chi connectivity index (χ4v) is 5.54. The summed E-state index contributed by atoms with van der Waals surface area (Å²) in [6.07, 6.45) is 6.67. The van der Waals surface area contributed by atoms with Crippen molar-refractivity contribution in [1.29, 1.82) is 0 Å². The second kappa shape index (κ2) is 10.9. The van der Waals surface area contributed by atoms with E-state index >= 15 is 0 Å². The SMILES string of the molecule is CC1=CC=C(N(c2ccc(C)cc2)c2ccc(N(c3ccc(C)cc3)c3ccc(C)cc3)c3ccccc23)CC1. The summed E-state index contributed by atoms with van der Waals surface area (Å²) in [7, 11) is 0. The summed E-state index contributed by atoms with van der Waals surface area (Å²) in [5.74, 6) is 0. The Hall–Kier alpha value is -4.56. The molecule has 0 amide bonds. The van der Waals surface area contributed by atoms with Crippen molar-refractivity contribution in [3.63, 3.8) is 0 Å². The third-order valence-electron chi connectivity index (χ3n) is 7.86. The summed E-state index contributed by atoms with van der Waals surface area (Å²) in [6, 6.07) is 40.0. The highest BCUT2D eigenvalue weighted by molar-refractivity contribution is 6.06. The molecule has 40 heavy (non-hydrogen) atoms. The van der Waals surface area contributed by atoms with Gasteiger partial charge in [-0.15, -0.1) is 0 Å². The quantitative estimate of drug-likeness (QED) is 0.220. The van der Waals surface area contributed by atoms with Gasteiger partial charge in [-0.1, -0.05) is 89.0 Å². The molecule has 198 valence electrons. The Kier molecular flexibility index (Phi) is 7.00. The third-order valence-corrected chi connectivity index (χ3v) is 7.86. The van der Waals surface area contributed by atoms with E-state index in [-0.39, 0.29) is 0 Å². The van der Waals surface area contributed by atoms with Crippen LogP contribution in [0.1, 0.15) is 36.5 Å². The van der Waals surface area contributed by atoms with E-state index in [9.17, 15) is 0 Å². The van der Waals surface area contributed by atoms with Crippen molar-refractivity contribution in [2.45, 2.75) is 40.5 Å². The summed E-state index contributed by atoms with van der Waals surface area (Å²) in [4.78, 5) is 4.84. The fourth-order valence-electron chi connectivity index (χ4n) is 5.54. The molecule has 5 aromatic rings. The Balaban J connectivity index is 1.57. The van der Waals surface area contributed by atoms with Gasteiger partial charge >= 0.3 is 0 Å². The molecule has 0 aromatic heterocycles. The van der Waals surface area contributed by atoms with Gasteiger partial charge in [-0.05, 0) is 95.1 Å². The normalized spacial score (nSPS) is 13.1. The van der Waals surface area contributed by atoms with Crippen LogP contribution in [-0.2, 0) is 0 Å². The average Bonchev–Trinajstić information content (AvgIpc) is 2.98. The molecule has 0 atom stereocenters. The third kappa shape index (κ3) is 5.05. The number of rotatable bonds is 6. The van der Waals surface area contributed by atoms with Gasteiger partial charge in [0.25, 0.3) is 0 Å². The highest BCUT2D eigenvalue weighted by Gasteiger charge is 2.22. The molecule has 2 nitrogen and oxygen atoms in total. The smallest absolute Gasteiger partial charge is 0.0541 e. The molecule has 0 N–H and O–H groups in total. The lowest BCUT2D eigenvalue weighted by Gasteiger charge is -2.32. The van der Waals surface area contributed by atoms with Gasteiger partial charge < -0.3 is 9.80 Å². The minimum Gasteiger partial charge on any atom is -0.314 e.